The third-order valence-corrected chi connectivity index (χ3v) is 5.98. The largest absolute Gasteiger partial charge is 0.487 e. The van der Waals surface area contributed by atoms with Crippen molar-refractivity contribution in [3.63, 3.8) is 0 Å². The van der Waals surface area contributed by atoms with Crippen molar-refractivity contribution in [3.05, 3.63) is 88.5 Å². The van der Waals surface area contributed by atoms with E-state index in [1.807, 2.05) is 41.3 Å². The Labute approximate surface area is 181 Å². The average molecular weight is 415 g/mol. The molecular formula is C25H25N3O3. The van der Waals surface area contributed by atoms with E-state index in [4.69, 9.17) is 14.5 Å². The molecule has 0 radical (unpaired) electrons. The van der Waals surface area contributed by atoms with Crippen LogP contribution >= 0.6 is 0 Å². The molecule has 5 rings (SSSR count). The van der Waals surface area contributed by atoms with Crippen molar-refractivity contribution < 1.29 is 14.3 Å². The Bertz CT molecular complexity index is 1090. The van der Waals surface area contributed by atoms with Gasteiger partial charge in [-0.1, -0.05) is 18.2 Å². The fourth-order valence-electron chi connectivity index (χ4n) is 4.35. The van der Waals surface area contributed by atoms with Crippen LogP contribution in [0.5, 0.6) is 5.75 Å². The summed E-state index contributed by atoms with van der Waals surface area (Å²) in [5.74, 6) is 0.846. The average Bonchev–Trinajstić information content (AvgIpc) is 2.83. The Balaban J connectivity index is 1.44. The Kier molecular flexibility index (Phi) is 5.38. The number of carbonyl (C=O) groups is 1. The lowest BCUT2D eigenvalue weighted by atomic mass is 9.90. The first-order chi connectivity index (χ1) is 15.2. The highest BCUT2D eigenvalue weighted by atomic mass is 16.5. The van der Waals surface area contributed by atoms with E-state index in [2.05, 4.69) is 11.9 Å². The molecule has 1 amide bonds. The van der Waals surface area contributed by atoms with E-state index in [0.29, 0.717) is 31.9 Å². The second-order valence-electron chi connectivity index (χ2n) is 8.09. The number of hydrogen-bond acceptors (Lipinski definition) is 5. The first kappa shape index (κ1) is 19.7. The van der Waals surface area contributed by atoms with Gasteiger partial charge in [-0.05, 0) is 47.9 Å². The first-order valence-corrected chi connectivity index (χ1v) is 10.7. The van der Waals surface area contributed by atoms with E-state index >= 15 is 0 Å². The van der Waals surface area contributed by atoms with Crippen LogP contribution in [-0.2, 0) is 37.3 Å². The highest BCUT2D eigenvalue weighted by molar-refractivity contribution is 5.94. The second-order valence-corrected chi connectivity index (χ2v) is 8.09. The quantitative estimate of drug-likeness (QED) is 0.650. The van der Waals surface area contributed by atoms with E-state index in [-0.39, 0.29) is 12.0 Å². The van der Waals surface area contributed by atoms with Crippen molar-refractivity contribution in [3.8, 4) is 5.75 Å². The number of benzene rings is 1. The van der Waals surface area contributed by atoms with Crippen LogP contribution in [0, 0.1) is 0 Å². The lowest BCUT2D eigenvalue weighted by Gasteiger charge is -2.34. The summed E-state index contributed by atoms with van der Waals surface area (Å²) in [6, 6.07) is 13.4. The van der Waals surface area contributed by atoms with Gasteiger partial charge in [-0.15, -0.1) is 0 Å². The van der Waals surface area contributed by atoms with Gasteiger partial charge in [-0.2, -0.15) is 0 Å². The number of nitrogens with zero attached hydrogens (tertiary/aromatic N) is 3. The third-order valence-electron chi connectivity index (χ3n) is 5.98. The molecule has 2 aromatic heterocycles. The van der Waals surface area contributed by atoms with Gasteiger partial charge < -0.3 is 14.4 Å². The van der Waals surface area contributed by atoms with E-state index in [1.165, 1.54) is 11.1 Å². The molecule has 3 aromatic rings. The van der Waals surface area contributed by atoms with Crippen molar-refractivity contribution in [1.82, 2.24) is 14.9 Å². The molecule has 31 heavy (non-hydrogen) atoms. The number of fused-ring (bicyclic) bond motifs is 3. The maximum atomic E-state index is 13.0. The van der Waals surface area contributed by atoms with E-state index < -0.39 is 0 Å². The molecule has 158 valence electrons. The van der Waals surface area contributed by atoms with Crippen LogP contribution in [0.4, 0.5) is 0 Å². The maximum absolute atomic E-state index is 13.0. The Morgan fingerprint density at radius 2 is 2.03 bits per heavy atom. The molecule has 1 aromatic carbocycles. The number of para-hydroxylation sites is 1. The van der Waals surface area contributed by atoms with E-state index in [9.17, 15) is 4.79 Å². The molecule has 1 atom stereocenters. The van der Waals surface area contributed by atoms with Gasteiger partial charge in [0.05, 0.1) is 24.0 Å². The van der Waals surface area contributed by atoms with Crippen molar-refractivity contribution >= 4 is 5.91 Å². The summed E-state index contributed by atoms with van der Waals surface area (Å²) >= 11 is 0. The van der Waals surface area contributed by atoms with Crippen LogP contribution < -0.4 is 4.74 Å². The number of ether oxygens (including phenoxy) is 2. The number of pyridine rings is 2. The molecule has 0 spiro atoms. The Morgan fingerprint density at radius 3 is 2.84 bits per heavy atom. The van der Waals surface area contributed by atoms with Crippen LogP contribution in [-0.4, -0.2) is 33.4 Å². The fraction of sp³-hybridized carbons (Fsp3) is 0.320. The van der Waals surface area contributed by atoms with E-state index in [0.717, 1.165) is 35.5 Å². The molecule has 2 aliphatic rings. The zero-order chi connectivity index (χ0) is 21.2. The fourth-order valence-corrected chi connectivity index (χ4v) is 4.35. The molecule has 0 aliphatic carbocycles. The van der Waals surface area contributed by atoms with Crippen LogP contribution in [0.3, 0.4) is 0 Å². The lowest BCUT2D eigenvalue weighted by Crippen LogP contribution is -2.38. The predicted molar refractivity (Wildman–Crippen MR) is 116 cm³/mol. The summed E-state index contributed by atoms with van der Waals surface area (Å²) in [5, 5.41) is 0. The monoisotopic (exact) mass is 415 g/mol. The normalized spacial score (nSPS) is 17.6. The maximum Gasteiger partial charge on any atom is 0.255 e. The van der Waals surface area contributed by atoms with Crippen LogP contribution in [0.1, 0.15) is 45.4 Å². The summed E-state index contributed by atoms with van der Waals surface area (Å²) < 4.78 is 12.0. The van der Waals surface area contributed by atoms with Crippen LogP contribution in [0.2, 0.25) is 0 Å². The van der Waals surface area contributed by atoms with Crippen molar-refractivity contribution in [1.29, 1.82) is 0 Å². The van der Waals surface area contributed by atoms with Gasteiger partial charge in [-0.25, -0.2) is 0 Å². The minimum atomic E-state index is 0.00841. The Hall–Kier alpha value is -3.25. The van der Waals surface area contributed by atoms with Gasteiger partial charge in [0.25, 0.3) is 5.91 Å². The predicted octanol–water partition coefficient (Wildman–Crippen LogP) is 3.72. The van der Waals surface area contributed by atoms with E-state index in [1.54, 1.807) is 18.5 Å². The number of hydrogen-bond donors (Lipinski definition) is 0. The Morgan fingerprint density at radius 1 is 1.16 bits per heavy atom. The van der Waals surface area contributed by atoms with Gasteiger partial charge in [0.15, 0.2) is 0 Å². The molecule has 0 fully saturated rings. The van der Waals surface area contributed by atoms with Crippen molar-refractivity contribution in [2.45, 2.75) is 45.6 Å². The third kappa shape index (κ3) is 4.03. The molecule has 0 saturated carbocycles. The minimum Gasteiger partial charge on any atom is -0.487 e. The second kappa shape index (κ2) is 8.47. The van der Waals surface area contributed by atoms with Crippen LogP contribution in [0.25, 0.3) is 0 Å². The summed E-state index contributed by atoms with van der Waals surface area (Å²) in [5.41, 5.74) is 6.18. The van der Waals surface area contributed by atoms with Crippen molar-refractivity contribution in [2.24, 2.45) is 0 Å². The van der Waals surface area contributed by atoms with Gasteiger partial charge in [0.1, 0.15) is 12.4 Å². The molecule has 0 saturated heterocycles. The molecule has 0 bridgehead atoms. The lowest BCUT2D eigenvalue weighted by molar-refractivity contribution is 0.0385. The standard InChI is InChI=1S/C25H25N3O3/c1-17-12-20-22(15-30-17)21-14-28(25(29)18-6-5-10-26-13-18)11-9-23(21)27-24(20)16-31-19-7-3-2-4-8-19/h2-8,10,13,17H,9,11-12,14-16H2,1H3/t17-/m0/s1. The first-order valence-electron chi connectivity index (χ1n) is 10.7. The molecular weight excluding hydrogens is 390 g/mol. The zero-order valence-corrected chi connectivity index (χ0v) is 17.6. The summed E-state index contributed by atoms with van der Waals surface area (Å²) in [7, 11) is 0. The van der Waals surface area contributed by atoms with Gasteiger partial charge >= 0.3 is 0 Å². The highest BCUT2D eigenvalue weighted by Gasteiger charge is 2.30. The minimum absolute atomic E-state index is 0.00841. The number of carbonyl (C=O) groups excluding carboxylic acids is 1. The molecule has 4 heterocycles. The molecule has 6 nitrogen and oxygen atoms in total. The highest BCUT2D eigenvalue weighted by Crippen LogP contribution is 2.32. The number of rotatable bonds is 4. The summed E-state index contributed by atoms with van der Waals surface area (Å²) in [6.07, 6.45) is 4.97. The number of aromatic nitrogens is 2. The molecule has 2 aliphatic heterocycles. The van der Waals surface area contributed by atoms with Gasteiger partial charge in [0.2, 0.25) is 0 Å². The van der Waals surface area contributed by atoms with Gasteiger partial charge in [-0.3, -0.25) is 14.8 Å². The molecule has 6 heteroatoms. The SMILES string of the molecule is C[C@H]1Cc2c(COc3ccccc3)nc3c(c2CO1)CN(C(=O)c1cccnc1)CC3. The summed E-state index contributed by atoms with van der Waals surface area (Å²) in [6.45, 7) is 4.26. The van der Waals surface area contributed by atoms with Crippen LogP contribution in [0.15, 0.2) is 54.9 Å². The molecule has 0 N–H and O–H groups in total. The number of amides is 1. The summed E-state index contributed by atoms with van der Waals surface area (Å²) in [4.78, 5) is 24.0. The zero-order valence-electron chi connectivity index (χ0n) is 17.6. The van der Waals surface area contributed by atoms with Crippen molar-refractivity contribution in [2.75, 3.05) is 6.54 Å². The topological polar surface area (TPSA) is 64.6 Å². The van der Waals surface area contributed by atoms with Gasteiger partial charge in [0, 0.05) is 44.0 Å². The molecule has 0 unspecified atom stereocenters. The smallest absolute Gasteiger partial charge is 0.255 e.